The molecule has 0 spiro atoms. The standard InChI is InChI=1S/C23H45NO.ClH/c1-2-3-4-5-6-7-8-9-10-11-12-13-14-15-16-17-21-25-22-23-19-18-20-24-23;/h9-10,23-24H,2-8,11-22H2,1H3;1H/b10-9-;/t23-;/m0./s1. The molecule has 0 radical (unpaired) electrons. The lowest BCUT2D eigenvalue weighted by atomic mass is 10.1. The van der Waals surface area contributed by atoms with E-state index >= 15 is 0 Å². The summed E-state index contributed by atoms with van der Waals surface area (Å²) < 4.78 is 5.77. The fraction of sp³-hybridized carbons (Fsp3) is 0.913. The Balaban J connectivity index is 0.00000625. The molecule has 0 aromatic heterocycles. The van der Waals surface area contributed by atoms with Crippen molar-refractivity contribution in [1.29, 1.82) is 0 Å². The fourth-order valence-electron chi connectivity index (χ4n) is 3.58. The van der Waals surface area contributed by atoms with Crippen molar-refractivity contribution >= 4 is 12.4 Å². The van der Waals surface area contributed by atoms with Gasteiger partial charge in [-0.1, -0.05) is 76.9 Å². The Bertz CT molecular complexity index is 290. The third-order valence-electron chi connectivity index (χ3n) is 5.28. The van der Waals surface area contributed by atoms with Crippen molar-refractivity contribution < 1.29 is 4.74 Å². The molecule has 0 aromatic rings. The van der Waals surface area contributed by atoms with E-state index < -0.39 is 0 Å². The van der Waals surface area contributed by atoms with Crippen molar-refractivity contribution in [2.75, 3.05) is 19.8 Å². The molecule has 3 heteroatoms. The fourth-order valence-corrected chi connectivity index (χ4v) is 3.58. The van der Waals surface area contributed by atoms with E-state index in [1.165, 1.54) is 109 Å². The Hall–Kier alpha value is -0.0500. The maximum atomic E-state index is 5.77. The van der Waals surface area contributed by atoms with Crippen LogP contribution in [0.4, 0.5) is 0 Å². The quantitative estimate of drug-likeness (QED) is 0.198. The van der Waals surface area contributed by atoms with E-state index in [1.807, 2.05) is 0 Å². The molecule has 1 atom stereocenters. The number of hydrogen-bond acceptors (Lipinski definition) is 2. The van der Waals surface area contributed by atoms with Gasteiger partial charge in [-0.15, -0.1) is 12.4 Å². The summed E-state index contributed by atoms with van der Waals surface area (Å²) in [5.41, 5.74) is 0. The minimum absolute atomic E-state index is 0. The Morgan fingerprint density at radius 1 is 0.808 bits per heavy atom. The van der Waals surface area contributed by atoms with Gasteiger partial charge >= 0.3 is 0 Å². The highest BCUT2D eigenvalue weighted by Crippen LogP contribution is 2.10. The van der Waals surface area contributed by atoms with Crippen molar-refractivity contribution in [1.82, 2.24) is 5.32 Å². The molecule has 2 nitrogen and oxygen atoms in total. The van der Waals surface area contributed by atoms with Crippen LogP contribution in [-0.4, -0.2) is 25.8 Å². The first kappa shape index (κ1) is 26.0. The van der Waals surface area contributed by atoms with Gasteiger partial charge in [0.15, 0.2) is 0 Å². The summed E-state index contributed by atoms with van der Waals surface area (Å²) in [6.07, 6.45) is 26.6. The molecule has 1 saturated heterocycles. The molecule has 1 aliphatic heterocycles. The lowest BCUT2D eigenvalue weighted by Crippen LogP contribution is -2.26. The van der Waals surface area contributed by atoms with Crippen LogP contribution in [0.3, 0.4) is 0 Å². The topological polar surface area (TPSA) is 21.3 Å². The minimum Gasteiger partial charge on any atom is -0.380 e. The number of nitrogens with one attached hydrogen (secondary N) is 1. The molecule has 0 unspecified atom stereocenters. The monoisotopic (exact) mass is 387 g/mol. The van der Waals surface area contributed by atoms with Crippen LogP contribution in [0.1, 0.15) is 110 Å². The summed E-state index contributed by atoms with van der Waals surface area (Å²) in [6.45, 7) is 5.35. The second-order valence-electron chi connectivity index (χ2n) is 7.81. The predicted octanol–water partition coefficient (Wildman–Crippen LogP) is 7.21. The van der Waals surface area contributed by atoms with Crippen molar-refractivity contribution in [2.45, 2.75) is 116 Å². The lowest BCUT2D eigenvalue weighted by Gasteiger charge is -2.10. The highest BCUT2D eigenvalue weighted by Gasteiger charge is 2.13. The Morgan fingerprint density at radius 2 is 1.38 bits per heavy atom. The second kappa shape index (κ2) is 21.3. The van der Waals surface area contributed by atoms with Crippen molar-refractivity contribution in [3.05, 3.63) is 12.2 Å². The van der Waals surface area contributed by atoms with Gasteiger partial charge in [0.1, 0.15) is 0 Å². The molecular formula is C23H46ClNO. The third kappa shape index (κ3) is 17.4. The van der Waals surface area contributed by atoms with E-state index in [2.05, 4.69) is 24.4 Å². The summed E-state index contributed by atoms with van der Waals surface area (Å²) in [4.78, 5) is 0. The Labute approximate surface area is 170 Å². The van der Waals surface area contributed by atoms with Gasteiger partial charge in [0, 0.05) is 12.6 Å². The molecule has 0 saturated carbocycles. The first-order valence-corrected chi connectivity index (χ1v) is 11.4. The number of rotatable bonds is 18. The van der Waals surface area contributed by atoms with Gasteiger partial charge in [0.2, 0.25) is 0 Å². The van der Waals surface area contributed by atoms with Crippen LogP contribution in [-0.2, 0) is 4.74 Å². The van der Waals surface area contributed by atoms with Gasteiger partial charge in [0.25, 0.3) is 0 Å². The number of ether oxygens (including phenoxy) is 1. The average molecular weight is 388 g/mol. The van der Waals surface area contributed by atoms with Gasteiger partial charge in [0.05, 0.1) is 6.61 Å². The van der Waals surface area contributed by atoms with E-state index in [4.69, 9.17) is 4.74 Å². The molecule has 0 aliphatic carbocycles. The van der Waals surface area contributed by atoms with Gasteiger partial charge in [-0.2, -0.15) is 0 Å². The second-order valence-corrected chi connectivity index (χ2v) is 7.81. The first-order chi connectivity index (χ1) is 12.4. The summed E-state index contributed by atoms with van der Waals surface area (Å²) in [7, 11) is 0. The van der Waals surface area contributed by atoms with Crippen molar-refractivity contribution in [3.63, 3.8) is 0 Å². The summed E-state index contributed by atoms with van der Waals surface area (Å²) in [5.74, 6) is 0. The third-order valence-corrected chi connectivity index (χ3v) is 5.28. The van der Waals surface area contributed by atoms with Crippen molar-refractivity contribution in [2.24, 2.45) is 0 Å². The van der Waals surface area contributed by atoms with Gasteiger partial charge in [-0.05, 0) is 51.5 Å². The number of unbranched alkanes of at least 4 members (excludes halogenated alkanes) is 12. The maximum Gasteiger partial charge on any atom is 0.0619 e. The highest BCUT2D eigenvalue weighted by molar-refractivity contribution is 5.85. The van der Waals surface area contributed by atoms with Crippen LogP contribution in [0.2, 0.25) is 0 Å². The van der Waals surface area contributed by atoms with Gasteiger partial charge < -0.3 is 10.1 Å². The molecule has 1 rings (SSSR count). The summed E-state index contributed by atoms with van der Waals surface area (Å²) >= 11 is 0. The number of allylic oxidation sites excluding steroid dienone is 2. The van der Waals surface area contributed by atoms with Crippen LogP contribution in [0, 0.1) is 0 Å². The van der Waals surface area contributed by atoms with Gasteiger partial charge in [-0.3, -0.25) is 0 Å². The average Bonchev–Trinajstić information content (AvgIpc) is 3.14. The largest absolute Gasteiger partial charge is 0.380 e. The molecule has 1 fully saturated rings. The zero-order valence-corrected chi connectivity index (χ0v) is 18.3. The molecule has 0 amide bonds. The number of hydrogen-bond donors (Lipinski definition) is 1. The molecular weight excluding hydrogens is 342 g/mol. The van der Waals surface area contributed by atoms with E-state index in [1.54, 1.807) is 0 Å². The van der Waals surface area contributed by atoms with Crippen LogP contribution in [0.5, 0.6) is 0 Å². The van der Waals surface area contributed by atoms with Crippen LogP contribution in [0.25, 0.3) is 0 Å². The molecule has 1 aliphatic rings. The highest BCUT2D eigenvalue weighted by atomic mass is 35.5. The van der Waals surface area contributed by atoms with E-state index in [0.29, 0.717) is 6.04 Å². The Kier molecular flexibility index (Phi) is 21.2. The minimum atomic E-state index is 0. The normalized spacial score (nSPS) is 17.0. The molecule has 156 valence electrons. The number of halogens is 1. The molecule has 0 bridgehead atoms. The van der Waals surface area contributed by atoms with Gasteiger partial charge in [-0.25, -0.2) is 0 Å². The Morgan fingerprint density at radius 3 is 1.96 bits per heavy atom. The summed E-state index contributed by atoms with van der Waals surface area (Å²) in [6, 6.07) is 0.633. The van der Waals surface area contributed by atoms with Crippen LogP contribution >= 0.6 is 12.4 Å². The van der Waals surface area contributed by atoms with Crippen LogP contribution in [0.15, 0.2) is 12.2 Å². The predicted molar refractivity (Wildman–Crippen MR) is 119 cm³/mol. The molecule has 1 N–H and O–H groups in total. The first-order valence-electron chi connectivity index (χ1n) is 11.4. The zero-order chi connectivity index (χ0) is 17.8. The zero-order valence-electron chi connectivity index (χ0n) is 17.5. The summed E-state index contributed by atoms with van der Waals surface area (Å²) in [5, 5.41) is 3.48. The van der Waals surface area contributed by atoms with Crippen LogP contribution < -0.4 is 5.32 Å². The SMILES string of the molecule is CCCCCCCC/C=C\CCCCCCCCOC[C@@H]1CCCN1.Cl. The lowest BCUT2D eigenvalue weighted by molar-refractivity contribution is 0.112. The van der Waals surface area contributed by atoms with E-state index in [9.17, 15) is 0 Å². The maximum absolute atomic E-state index is 5.77. The molecule has 1 heterocycles. The molecule has 0 aromatic carbocycles. The smallest absolute Gasteiger partial charge is 0.0619 e. The van der Waals surface area contributed by atoms with E-state index in [-0.39, 0.29) is 12.4 Å². The van der Waals surface area contributed by atoms with Crippen molar-refractivity contribution in [3.8, 4) is 0 Å². The molecule has 26 heavy (non-hydrogen) atoms. The van der Waals surface area contributed by atoms with E-state index in [0.717, 1.165) is 13.2 Å².